The van der Waals surface area contributed by atoms with E-state index < -0.39 is 11.8 Å². The van der Waals surface area contributed by atoms with Crippen molar-refractivity contribution in [3.63, 3.8) is 0 Å². The van der Waals surface area contributed by atoms with E-state index in [1.807, 2.05) is 18.2 Å². The van der Waals surface area contributed by atoms with Gasteiger partial charge in [0.15, 0.2) is 0 Å². The van der Waals surface area contributed by atoms with Crippen LogP contribution in [-0.2, 0) is 5.66 Å². The molecule has 0 unspecified atom stereocenters. The topological polar surface area (TPSA) is 53.8 Å². The van der Waals surface area contributed by atoms with Crippen LogP contribution in [0, 0.1) is 0 Å². The molecule has 0 atom stereocenters. The number of alkyl halides is 3. The summed E-state index contributed by atoms with van der Waals surface area (Å²) in [6.45, 7) is 0. The summed E-state index contributed by atoms with van der Waals surface area (Å²) in [4.78, 5) is 12.4. The summed E-state index contributed by atoms with van der Waals surface area (Å²) >= 11 is 0. The summed E-state index contributed by atoms with van der Waals surface area (Å²) in [5.41, 5.74) is -1.21. The summed E-state index contributed by atoms with van der Waals surface area (Å²) < 4.78 is 39.3. The predicted molar refractivity (Wildman–Crippen MR) is 88.7 cm³/mol. The molecule has 2 aromatic carbocycles. The average Bonchev–Trinajstić information content (AvgIpc) is 3.40. The van der Waals surface area contributed by atoms with Gasteiger partial charge >= 0.3 is 11.8 Å². The van der Waals surface area contributed by atoms with Gasteiger partial charge in [-0.2, -0.15) is 13.2 Å². The van der Waals surface area contributed by atoms with Gasteiger partial charge in [-0.05, 0) is 36.5 Å². The molecule has 134 valence electrons. The molecule has 1 fully saturated rings. The zero-order chi connectivity index (χ0) is 18.4. The molecule has 2 aliphatic rings. The third-order valence-corrected chi connectivity index (χ3v) is 4.97. The highest BCUT2D eigenvalue weighted by atomic mass is 19.4. The first-order chi connectivity index (χ1) is 12.4. The zero-order valence-electron chi connectivity index (χ0n) is 13.7. The van der Waals surface area contributed by atoms with Crippen LogP contribution in [-0.4, -0.2) is 18.1 Å². The van der Waals surface area contributed by atoms with Gasteiger partial charge in [-0.15, -0.1) is 10.2 Å². The van der Waals surface area contributed by atoms with Crippen LogP contribution in [0.2, 0.25) is 0 Å². The van der Waals surface area contributed by atoms with E-state index >= 15 is 0 Å². The third-order valence-electron chi connectivity index (χ3n) is 4.97. The summed E-state index contributed by atoms with van der Waals surface area (Å²) in [5.74, 6) is 0.0340. The van der Waals surface area contributed by atoms with E-state index in [1.54, 1.807) is 0 Å². The van der Waals surface area contributed by atoms with Gasteiger partial charge in [-0.25, -0.2) is 0 Å². The maximum absolute atomic E-state index is 13.1. The number of rotatable bonds is 4. The van der Waals surface area contributed by atoms with E-state index in [1.165, 1.54) is 29.8 Å². The minimum atomic E-state index is -4.60. The van der Waals surface area contributed by atoms with Crippen LogP contribution >= 0.6 is 0 Å². The predicted octanol–water partition coefficient (Wildman–Crippen LogP) is 4.54. The second-order valence-electron chi connectivity index (χ2n) is 6.70. The Labute approximate surface area is 148 Å². The van der Waals surface area contributed by atoms with Gasteiger partial charge < -0.3 is 5.32 Å². The Balaban J connectivity index is 1.40. The summed E-state index contributed by atoms with van der Waals surface area (Å²) in [6.07, 6.45) is -2.95. The molecule has 2 aromatic rings. The van der Waals surface area contributed by atoms with Crippen molar-refractivity contribution >= 4 is 5.91 Å². The Hall–Kier alpha value is -2.70. The molecular formula is C19H16F3N3O. The maximum atomic E-state index is 13.1. The number of carbonyl (C=O) groups excluding carboxylic acids is 1. The number of hydrogen-bond donors (Lipinski definition) is 1. The van der Waals surface area contributed by atoms with Crippen molar-refractivity contribution in [1.82, 2.24) is 5.32 Å². The highest BCUT2D eigenvalue weighted by Gasteiger charge is 2.65. The molecular weight excluding hydrogens is 343 g/mol. The van der Waals surface area contributed by atoms with E-state index in [9.17, 15) is 18.0 Å². The molecule has 0 aromatic heterocycles. The number of carbonyl (C=O) groups is 1. The van der Waals surface area contributed by atoms with Gasteiger partial charge in [0.05, 0.1) is 0 Å². The van der Waals surface area contributed by atoms with Crippen molar-refractivity contribution in [2.75, 3.05) is 0 Å². The normalized spacial score (nSPS) is 23.2. The van der Waals surface area contributed by atoms with E-state index in [4.69, 9.17) is 0 Å². The van der Waals surface area contributed by atoms with Gasteiger partial charge in [0, 0.05) is 17.2 Å². The van der Waals surface area contributed by atoms with E-state index in [0.29, 0.717) is 5.92 Å². The number of halogens is 3. The molecule has 26 heavy (non-hydrogen) atoms. The lowest BCUT2D eigenvalue weighted by molar-refractivity contribution is -0.166. The van der Waals surface area contributed by atoms with E-state index in [2.05, 4.69) is 27.7 Å². The Kier molecular flexibility index (Phi) is 3.82. The molecule has 1 amide bonds. The summed E-state index contributed by atoms with van der Waals surface area (Å²) in [6, 6.07) is 15.5. The van der Waals surface area contributed by atoms with Crippen LogP contribution in [0.4, 0.5) is 13.2 Å². The van der Waals surface area contributed by atoms with Crippen LogP contribution in [0.3, 0.4) is 0 Å². The molecule has 1 saturated carbocycles. The number of amides is 1. The van der Waals surface area contributed by atoms with Crippen molar-refractivity contribution in [1.29, 1.82) is 0 Å². The van der Waals surface area contributed by atoms with Gasteiger partial charge in [0.1, 0.15) is 0 Å². The standard InChI is InChI=1S/C19H16F3N3O/c20-19(21,22)18(24-25-18)15-8-4-7-13(9-15)17(26)23-16-10-14(11-16)12-5-2-1-3-6-12/h1-9,14,16H,10-11H2,(H,23,26). The van der Waals surface area contributed by atoms with Crippen molar-refractivity contribution in [3.8, 4) is 0 Å². The first-order valence-corrected chi connectivity index (χ1v) is 8.36. The first kappa shape index (κ1) is 16.8. The fraction of sp³-hybridized carbons (Fsp3) is 0.316. The van der Waals surface area contributed by atoms with Gasteiger partial charge in [-0.1, -0.05) is 42.5 Å². The van der Waals surface area contributed by atoms with Crippen LogP contribution in [0.15, 0.2) is 64.8 Å². The molecule has 0 radical (unpaired) electrons. The minimum absolute atomic E-state index is 0.0308. The first-order valence-electron chi connectivity index (χ1n) is 8.36. The molecule has 1 aliphatic heterocycles. The third kappa shape index (κ3) is 2.87. The fourth-order valence-corrected chi connectivity index (χ4v) is 3.32. The molecule has 7 heteroatoms. The minimum Gasteiger partial charge on any atom is -0.349 e. The van der Waals surface area contributed by atoms with Crippen LogP contribution in [0.1, 0.15) is 40.2 Å². The smallest absolute Gasteiger partial charge is 0.349 e. The van der Waals surface area contributed by atoms with Crippen molar-refractivity contribution in [2.24, 2.45) is 10.2 Å². The fourth-order valence-electron chi connectivity index (χ4n) is 3.32. The van der Waals surface area contributed by atoms with Crippen molar-refractivity contribution in [2.45, 2.75) is 36.6 Å². The highest BCUT2D eigenvalue weighted by Crippen LogP contribution is 2.52. The zero-order valence-corrected chi connectivity index (χ0v) is 13.7. The quantitative estimate of drug-likeness (QED) is 0.856. The molecule has 0 saturated heterocycles. The van der Waals surface area contributed by atoms with Crippen molar-refractivity contribution < 1.29 is 18.0 Å². The Morgan fingerprint density at radius 3 is 2.35 bits per heavy atom. The lowest BCUT2D eigenvalue weighted by atomic mass is 9.76. The number of nitrogens with zero attached hydrogens (tertiary/aromatic N) is 2. The molecule has 0 spiro atoms. The van der Waals surface area contributed by atoms with Crippen LogP contribution in [0.25, 0.3) is 0 Å². The van der Waals surface area contributed by atoms with Crippen molar-refractivity contribution in [3.05, 3.63) is 71.3 Å². The Morgan fingerprint density at radius 2 is 1.73 bits per heavy atom. The largest absolute Gasteiger partial charge is 0.442 e. The van der Waals surface area contributed by atoms with Gasteiger partial charge in [0.2, 0.25) is 0 Å². The lowest BCUT2D eigenvalue weighted by Gasteiger charge is -2.36. The van der Waals surface area contributed by atoms with Crippen LogP contribution < -0.4 is 5.32 Å². The monoisotopic (exact) mass is 359 g/mol. The van der Waals surface area contributed by atoms with E-state index in [0.717, 1.165) is 12.8 Å². The number of benzene rings is 2. The Morgan fingerprint density at radius 1 is 1.04 bits per heavy atom. The van der Waals surface area contributed by atoms with Gasteiger partial charge in [-0.3, -0.25) is 4.79 Å². The second-order valence-corrected chi connectivity index (χ2v) is 6.70. The lowest BCUT2D eigenvalue weighted by Crippen LogP contribution is -2.43. The summed E-state index contributed by atoms with van der Waals surface area (Å²) in [7, 11) is 0. The number of hydrogen-bond acceptors (Lipinski definition) is 3. The van der Waals surface area contributed by atoms with E-state index in [-0.39, 0.29) is 23.1 Å². The maximum Gasteiger partial charge on any atom is 0.442 e. The molecule has 1 aliphatic carbocycles. The molecule has 1 N–H and O–H groups in total. The molecule has 0 bridgehead atoms. The highest BCUT2D eigenvalue weighted by molar-refractivity contribution is 5.94. The van der Waals surface area contributed by atoms with Gasteiger partial charge in [0.25, 0.3) is 5.91 Å². The second kappa shape index (κ2) is 5.93. The molecule has 4 nitrogen and oxygen atoms in total. The van der Waals surface area contributed by atoms with Crippen LogP contribution in [0.5, 0.6) is 0 Å². The Bertz CT molecular complexity index is 852. The number of nitrogens with one attached hydrogen (secondary N) is 1. The SMILES string of the molecule is O=C(NC1CC(c2ccccc2)C1)c1cccc(C2(C(F)(F)F)N=N2)c1. The molecule has 4 rings (SSSR count). The molecule has 1 heterocycles. The summed E-state index contributed by atoms with van der Waals surface area (Å²) in [5, 5.41) is 9.24. The average molecular weight is 359 g/mol.